The summed E-state index contributed by atoms with van der Waals surface area (Å²) < 4.78 is 52.8. The van der Waals surface area contributed by atoms with E-state index in [2.05, 4.69) is 10.3 Å². The van der Waals surface area contributed by atoms with Crippen molar-refractivity contribution < 1.29 is 22.0 Å². The monoisotopic (exact) mass is 391 g/mol. The molecule has 0 aliphatic carbocycles. The van der Waals surface area contributed by atoms with Gasteiger partial charge in [-0.2, -0.15) is 0 Å². The van der Waals surface area contributed by atoms with Crippen LogP contribution in [0.5, 0.6) is 0 Å². The van der Waals surface area contributed by atoms with Gasteiger partial charge in [-0.15, -0.1) is 0 Å². The van der Waals surface area contributed by atoms with Crippen molar-refractivity contribution in [2.45, 2.75) is 0 Å². The first kappa shape index (κ1) is 18.7. The molecular formula is C18H15F2N3O3S. The van der Waals surface area contributed by atoms with Crippen molar-refractivity contribution in [3.05, 3.63) is 66.4 Å². The predicted molar refractivity (Wildman–Crippen MR) is 98.9 cm³/mol. The zero-order chi connectivity index (χ0) is 19.6. The molecule has 2 aromatic carbocycles. The van der Waals surface area contributed by atoms with E-state index in [1.54, 1.807) is 24.3 Å². The number of halogens is 2. The summed E-state index contributed by atoms with van der Waals surface area (Å²) in [6.45, 7) is -0.664. The maximum Gasteiger partial charge on any atom is 0.245 e. The van der Waals surface area contributed by atoms with E-state index in [1.165, 1.54) is 12.3 Å². The van der Waals surface area contributed by atoms with Crippen molar-refractivity contribution in [2.24, 2.45) is 0 Å². The lowest BCUT2D eigenvalue weighted by Gasteiger charge is -2.23. The standard InChI is InChI=1S/C18H15F2N3O3S/c1-27(25,26)23(15-9-2-5-12-6-4-10-21-17(12)15)11-16(24)22-18-13(19)7-3-8-14(18)20/h2-10H,11H2,1H3,(H,22,24). The molecule has 140 valence electrons. The fourth-order valence-corrected chi connectivity index (χ4v) is 3.45. The normalized spacial score (nSPS) is 11.4. The number of anilines is 2. The van der Waals surface area contributed by atoms with Gasteiger partial charge < -0.3 is 5.32 Å². The van der Waals surface area contributed by atoms with E-state index in [-0.39, 0.29) is 5.69 Å². The number of amides is 1. The molecule has 1 amide bonds. The molecule has 27 heavy (non-hydrogen) atoms. The Bertz CT molecular complexity index is 1090. The van der Waals surface area contributed by atoms with Gasteiger partial charge in [0.1, 0.15) is 23.9 Å². The minimum atomic E-state index is -3.87. The van der Waals surface area contributed by atoms with Gasteiger partial charge in [-0.05, 0) is 24.3 Å². The summed E-state index contributed by atoms with van der Waals surface area (Å²) in [5.74, 6) is -2.81. The first-order valence-corrected chi connectivity index (χ1v) is 9.67. The van der Waals surface area contributed by atoms with Crippen LogP contribution in [-0.2, 0) is 14.8 Å². The summed E-state index contributed by atoms with van der Waals surface area (Å²) in [7, 11) is -3.87. The second kappa shape index (κ2) is 7.28. The molecule has 0 saturated carbocycles. The molecule has 3 rings (SSSR count). The average Bonchev–Trinajstić information content (AvgIpc) is 2.62. The zero-order valence-electron chi connectivity index (χ0n) is 14.2. The van der Waals surface area contributed by atoms with Crippen LogP contribution >= 0.6 is 0 Å². The van der Waals surface area contributed by atoms with Gasteiger partial charge in [0.2, 0.25) is 15.9 Å². The van der Waals surface area contributed by atoms with Crippen LogP contribution in [-0.4, -0.2) is 32.1 Å². The quantitative estimate of drug-likeness (QED) is 0.725. The predicted octanol–water partition coefficient (Wildman–Crippen LogP) is 2.92. The highest BCUT2D eigenvalue weighted by Crippen LogP contribution is 2.27. The highest BCUT2D eigenvalue weighted by Gasteiger charge is 2.24. The number of rotatable bonds is 5. The van der Waals surface area contributed by atoms with Crippen LogP contribution in [0.2, 0.25) is 0 Å². The fraction of sp³-hybridized carbons (Fsp3) is 0.111. The Labute approximate surface area is 154 Å². The average molecular weight is 391 g/mol. The van der Waals surface area contributed by atoms with E-state index in [4.69, 9.17) is 0 Å². The SMILES string of the molecule is CS(=O)(=O)N(CC(=O)Nc1c(F)cccc1F)c1cccc2cccnc12. The van der Waals surface area contributed by atoms with Crippen molar-refractivity contribution in [1.29, 1.82) is 0 Å². The number of pyridine rings is 1. The van der Waals surface area contributed by atoms with Crippen molar-refractivity contribution in [1.82, 2.24) is 4.98 Å². The van der Waals surface area contributed by atoms with Crippen molar-refractivity contribution in [3.63, 3.8) is 0 Å². The van der Waals surface area contributed by atoms with Crippen LogP contribution in [0.4, 0.5) is 20.2 Å². The summed E-state index contributed by atoms with van der Waals surface area (Å²) in [4.78, 5) is 16.5. The van der Waals surface area contributed by atoms with Crippen molar-refractivity contribution in [3.8, 4) is 0 Å². The molecule has 3 aromatic rings. The molecule has 0 saturated heterocycles. The highest BCUT2D eigenvalue weighted by molar-refractivity contribution is 7.92. The number of carbonyl (C=O) groups is 1. The first-order valence-electron chi connectivity index (χ1n) is 7.82. The molecule has 0 aliphatic rings. The second-order valence-electron chi connectivity index (χ2n) is 5.77. The van der Waals surface area contributed by atoms with Gasteiger partial charge in [0, 0.05) is 11.6 Å². The molecule has 9 heteroatoms. The maximum atomic E-state index is 13.7. The third-order valence-electron chi connectivity index (χ3n) is 3.79. The second-order valence-corrected chi connectivity index (χ2v) is 7.67. The summed E-state index contributed by atoms with van der Waals surface area (Å²) in [6.07, 6.45) is 2.44. The molecular weight excluding hydrogens is 376 g/mol. The largest absolute Gasteiger partial charge is 0.320 e. The highest BCUT2D eigenvalue weighted by atomic mass is 32.2. The topological polar surface area (TPSA) is 79.4 Å². The van der Waals surface area contributed by atoms with Gasteiger partial charge in [-0.25, -0.2) is 17.2 Å². The molecule has 0 fully saturated rings. The smallest absolute Gasteiger partial charge is 0.245 e. The van der Waals surface area contributed by atoms with Crippen LogP contribution in [0.1, 0.15) is 0 Å². The van der Waals surface area contributed by atoms with Gasteiger partial charge in [-0.3, -0.25) is 14.1 Å². The number of carbonyl (C=O) groups excluding carboxylic acids is 1. The number of nitrogens with zero attached hydrogens (tertiary/aromatic N) is 2. The van der Waals surface area contributed by atoms with Gasteiger partial charge >= 0.3 is 0 Å². The number of hydrogen-bond donors (Lipinski definition) is 1. The van der Waals surface area contributed by atoms with Crippen LogP contribution in [0.15, 0.2) is 54.7 Å². The minimum absolute atomic E-state index is 0.194. The molecule has 0 atom stereocenters. The zero-order valence-corrected chi connectivity index (χ0v) is 15.0. The fourth-order valence-electron chi connectivity index (χ4n) is 2.60. The molecule has 6 nitrogen and oxygen atoms in total. The summed E-state index contributed by atoms with van der Waals surface area (Å²) >= 11 is 0. The van der Waals surface area contributed by atoms with Crippen LogP contribution in [0.25, 0.3) is 10.9 Å². The Hall–Kier alpha value is -3.07. The van der Waals surface area contributed by atoms with E-state index in [9.17, 15) is 22.0 Å². The number of para-hydroxylation sites is 2. The molecule has 0 aliphatic heterocycles. The van der Waals surface area contributed by atoms with Gasteiger partial charge in [-0.1, -0.05) is 24.3 Å². The van der Waals surface area contributed by atoms with Crippen LogP contribution in [0, 0.1) is 11.6 Å². The molecule has 0 bridgehead atoms. The molecule has 1 N–H and O–H groups in total. The molecule has 1 heterocycles. The Balaban J connectivity index is 1.96. The van der Waals surface area contributed by atoms with Crippen LogP contribution in [0.3, 0.4) is 0 Å². The van der Waals surface area contributed by atoms with Gasteiger partial charge in [0.05, 0.1) is 17.5 Å². The third kappa shape index (κ3) is 4.03. The number of benzene rings is 2. The van der Waals surface area contributed by atoms with E-state index >= 15 is 0 Å². The molecule has 0 unspecified atom stereocenters. The number of nitrogens with one attached hydrogen (secondary N) is 1. The lowest BCUT2D eigenvalue weighted by Crippen LogP contribution is -2.37. The van der Waals surface area contributed by atoms with E-state index in [1.807, 2.05) is 0 Å². The summed E-state index contributed by atoms with van der Waals surface area (Å²) in [5.41, 5.74) is -0.0537. The molecule has 1 aromatic heterocycles. The third-order valence-corrected chi connectivity index (χ3v) is 4.92. The Morgan fingerprint density at radius 1 is 1.07 bits per heavy atom. The Morgan fingerprint density at radius 3 is 2.37 bits per heavy atom. The first-order chi connectivity index (χ1) is 12.8. The number of fused-ring (bicyclic) bond motifs is 1. The number of hydrogen-bond acceptors (Lipinski definition) is 4. The van der Waals surface area contributed by atoms with Crippen LogP contribution < -0.4 is 9.62 Å². The molecule has 0 radical (unpaired) electrons. The van der Waals surface area contributed by atoms with Gasteiger partial charge in [0.15, 0.2) is 0 Å². The van der Waals surface area contributed by atoms with Crippen molar-refractivity contribution in [2.75, 3.05) is 22.4 Å². The Morgan fingerprint density at radius 2 is 1.70 bits per heavy atom. The lowest BCUT2D eigenvalue weighted by atomic mass is 10.2. The van der Waals surface area contributed by atoms with E-state index in [0.29, 0.717) is 10.9 Å². The Kier molecular flexibility index (Phi) is 5.04. The van der Waals surface area contributed by atoms with Gasteiger partial charge in [0.25, 0.3) is 0 Å². The maximum absolute atomic E-state index is 13.7. The summed E-state index contributed by atoms with van der Waals surface area (Å²) in [5, 5.41) is 2.77. The van der Waals surface area contributed by atoms with E-state index < -0.39 is 39.8 Å². The minimum Gasteiger partial charge on any atom is -0.320 e. The van der Waals surface area contributed by atoms with E-state index in [0.717, 1.165) is 28.8 Å². The van der Waals surface area contributed by atoms with Crippen molar-refractivity contribution >= 4 is 38.2 Å². The number of sulfonamides is 1. The lowest BCUT2D eigenvalue weighted by molar-refractivity contribution is -0.114. The summed E-state index contributed by atoms with van der Waals surface area (Å²) in [6, 6.07) is 11.5. The molecule has 0 spiro atoms. The number of aromatic nitrogens is 1.